The number of carbonyl (C=O) groups excluding carboxylic acids is 2. The molecule has 0 saturated heterocycles. The van der Waals surface area contributed by atoms with Crippen molar-refractivity contribution in [2.45, 2.75) is 42.5 Å². The summed E-state index contributed by atoms with van der Waals surface area (Å²) in [5.41, 5.74) is -1.07. The summed E-state index contributed by atoms with van der Waals surface area (Å²) in [6.45, 7) is 1.46. The third kappa shape index (κ3) is 7.93. The van der Waals surface area contributed by atoms with Gasteiger partial charge >= 0.3 is 12.0 Å². The van der Waals surface area contributed by atoms with Gasteiger partial charge in [0.05, 0.1) is 12.7 Å². The van der Waals surface area contributed by atoms with Crippen molar-refractivity contribution in [1.82, 2.24) is 4.98 Å². The van der Waals surface area contributed by atoms with Crippen molar-refractivity contribution in [3.63, 3.8) is 0 Å². The van der Waals surface area contributed by atoms with Crippen molar-refractivity contribution in [2.75, 3.05) is 12.9 Å². The van der Waals surface area contributed by atoms with Gasteiger partial charge in [0.25, 0.3) is 0 Å². The van der Waals surface area contributed by atoms with Crippen molar-refractivity contribution in [1.29, 1.82) is 0 Å². The largest absolute Gasteiger partial charge is 0.464 e. The lowest BCUT2D eigenvalue weighted by Gasteiger charge is -2.21. The molecule has 0 bridgehead atoms. The van der Waals surface area contributed by atoms with Crippen LogP contribution in [0.5, 0.6) is 0 Å². The molecule has 5 nitrogen and oxygen atoms in total. The molecule has 0 aliphatic heterocycles. The molecule has 31 heavy (non-hydrogen) atoms. The molecule has 0 saturated carbocycles. The third-order valence-electron chi connectivity index (χ3n) is 4.85. The van der Waals surface area contributed by atoms with Gasteiger partial charge in [-0.15, -0.1) is 11.3 Å². The van der Waals surface area contributed by atoms with Crippen molar-refractivity contribution in [3.8, 4) is 0 Å². The fraction of sp³-hybridized carbons (Fsp3) is 0.476. The van der Waals surface area contributed by atoms with E-state index in [1.54, 1.807) is 17.5 Å². The normalized spacial score (nSPS) is 20.3. The van der Waals surface area contributed by atoms with Gasteiger partial charge in [-0.3, -0.25) is 4.79 Å². The lowest BCUT2D eigenvalue weighted by Crippen LogP contribution is -2.23. The molecule has 0 amide bonds. The fourth-order valence-corrected chi connectivity index (χ4v) is 4.92. The number of carbonyl (C=O) groups is 2. The number of hydrogen-bond acceptors (Lipinski definition) is 7. The Morgan fingerprint density at radius 1 is 1.42 bits per heavy atom. The zero-order valence-corrected chi connectivity index (χ0v) is 18.8. The van der Waals surface area contributed by atoms with Gasteiger partial charge < -0.3 is 9.84 Å². The zero-order chi connectivity index (χ0) is 23.0. The fourth-order valence-electron chi connectivity index (χ4n) is 3.04. The molecule has 1 aromatic heterocycles. The second-order valence-corrected chi connectivity index (χ2v) is 9.57. The molecule has 0 aromatic carbocycles. The number of aliphatic hydroxyl groups is 1. The van der Waals surface area contributed by atoms with Crippen LogP contribution in [0.3, 0.4) is 0 Å². The van der Waals surface area contributed by atoms with Crippen molar-refractivity contribution in [2.24, 2.45) is 11.8 Å². The number of hydrogen-bond donors (Lipinski definition) is 1. The van der Waals surface area contributed by atoms with Gasteiger partial charge in [-0.2, -0.15) is 8.78 Å². The van der Waals surface area contributed by atoms with E-state index < -0.39 is 29.9 Å². The SMILES string of the molecule is COC(=O)c1csc(SCC[C@H]2C(=O)C=C[C@@H]2/C=C/C[C@@](C)(O)CCC(F)=C(F)F)n1. The summed E-state index contributed by atoms with van der Waals surface area (Å²) < 4.78 is 42.6. The Morgan fingerprint density at radius 3 is 2.84 bits per heavy atom. The van der Waals surface area contributed by atoms with E-state index in [0.717, 1.165) is 0 Å². The average Bonchev–Trinajstić information content (AvgIpc) is 3.33. The Morgan fingerprint density at radius 2 is 2.16 bits per heavy atom. The van der Waals surface area contributed by atoms with Gasteiger partial charge in [0, 0.05) is 29.4 Å². The molecule has 1 heterocycles. The minimum atomic E-state index is -2.36. The number of rotatable bonds is 11. The van der Waals surface area contributed by atoms with Gasteiger partial charge in [0.15, 0.2) is 21.6 Å². The highest BCUT2D eigenvalue weighted by molar-refractivity contribution is 8.01. The Kier molecular flexibility index (Phi) is 9.52. The summed E-state index contributed by atoms with van der Waals surface area (Å²) in [6, 6.07) is 0. The first-order valence-corrected chi connectivity index (χ1v) is 11.5. The summed E-state index contributed by atoms with van der Waals surface area (Å²) >= 11 is 2.79. The summed E-state index contributed by atoms with van der Waals surface area (Å²) in [6.07, 6.45) is 4.57. The highest BCUT2D eigenvalue weighted by atomic mass is 32.2. The van der Waals surface area contributed by atoms with Crippen LogP contribution in [0, 0.1) is 11.8 Å². The van der Waals surface area contributed by atoms with E-state index in [0.29, 0.717) is 16.5 Å². The maximum atomic E-state index is 12.9. The molecule has 170 valence electrons. The van der Waals surface area contributed by atoms with Gasteiger partial charge in [-0.1, -0.05) is 30.0 Å². The van der Waals surface area contributed by atoms with E-state index in [9.17, 15) is 27.9 Å². The van der Waals surface area contributed by atoms with Crippen LogP contribution in [-0.2, 0) is 9.53 Å². The van der Waals surface area contributed by atoms with E-state index in [1.807, 2.05) is 6.08 Å². The number of ketones is 1. The monoisotopic (exact) mass is 475 g/mol. The highest BCUT2D eigenvalue weighted by Crippen LogP contribution is 2.31. The number of halogens is 3. The quantitative estimate of drug-likeness (QED) is 0.265. The summed E-state index contributed by atoms with van der Waals surface area (Å²) in [4.78, 5) is 27.8. The second kappa shape index (κ2) is 11.6. The Balaban J connectivity index is 1.84. The number of thioether (sulfide) groups is 1. The zero-order valence-electron chi connectivity index (χ0n) is 17.1. The van der Waals surface area contributed by atoms with E-state index in [1.165, 1.54) is 43.2 Å². The van der Waals surface area contributed by atoms with E-state index in [4.69, 9.17) is 0 Å². The molecule has 0 fully saturated rings. The number of nitrogens with zero attached hydrogens (tertiary/aromatic N) is 1. The molecule has 0 unspecified atom stereocenters. The van der Waals surface area contributed by atoms with Crippen LogP contribution < -0.4 is 0 Å². The third-order valence-corrected chi connectivity index (χ3v) is 6.90. The molecule has 1 N–H and O–H groups in total. The van der Waals surface area contributed by atoms with E-state index >= 15 is 0 Å². The van der Waals surface area contributed by atoms with Crippen LogP contribution >= 0.6 is 23.1 Å². The van der Waals surface area contributed by atoms with Crippen LogP contribution in [0.4, 0.5) is 13.2 Å². The average molecular weight is 476 g/mol. The smallest absolute Gasteiger partial charge is 0.357 e. The van der Waals surface area contributed by atoms with Gasteiger partial charge in [-0.05, 0) is 32.3 Å². The minimum absolute atomic E-state index is 0.0158. The summed E-state index contributed by atoms with van der Waals surface area (Å²) in [5, 5.41) is 11.9. The Bertz CT molecular complexity index is 876. The van der Waals surface area contributed by atoms with Gasteiger partial charge in [0.1, 0.15) is 0 Å². The van der Waals surface area contributed by atoms with Crippen LogP contribution in [0.15, 0.2) is 45.9 Å². The van der Waals surface area contributed by atoms with Gasteiger partial charge in [0.2, 0.25) is 0 Å². The maximum Gasteiger partial charge on any atom is 0.357 e. The van der Waals surface area contributed by atoms with Crippen molar-refractivity contribution >= 4 is 34.9 Å². The predicted molar refractivity (Wildman–Crippen MR) is 114 cm³/mol. The number of allylic oxidation sites excluding steroid dienone is 4. The highest BCUT2D eigenvalue weighted by Gasteiger charge is 2.28. The molecule has 2 rings (SSSR count). The molecular formula is C21H24F3NO4S2. The van der Waals surface area contributed by atoms with Crippen LogP contribution in [0.2, 0.25) is 0 Å². The number of ether oxygens (including phenoxy) is 1. The number of aromatic nitrogens is 1. The van der Waals surface area contributed by atoms with E-state index in [2.05, 4.69) is 9.72 Å². The molecule has 1 aromatic rings. The Labute approximate surface area is 187 Å². The van der Waals surface area contributed by atoms with Crippen LogP contribution in [-0.4, -0.2) is 40.3 Å². The number of thiazole rings is 1. The molecule has 1 aliphatic carbocycles. The predicted octanol–water partition coefficient (Wildman–Crippen LogP) is 5.34. The lowest BCUT2D eigenvalue weighted by molar-refractivity contribution is -0.118. The minimum Gasteiger partial charge on any atom is -0.464 e. The van der Waals surface area contributed by atoms with Crippen molar-refractivity contribution in [3.05, 3.63) is 47.3 Å². The molecule has 1 aliphatic rings. The molecule has 0 spiro atoms. The lowest BCUT2D eigenvalue weighted by atomic mass is 9.90. The molecular weight excluding hydrogens is 451 g/mol. The number of methoxy groups -OCH3 is 1. The first-order valence-electron chi connectivity index (χ1n) is 9.60. The molecule has 0 radical (unpaired) electrons. The first-order chi connectivity index (χ1) is 14.6. The molecule has 3 atom stereocenters. The second-order valence-electron chi connectivity index (χ2n) is 7.37. The molecule has 10 heteroatoms. The van der Waals surface area contributed by atoms with Crippen LogP contribution in [0.1, 0.15) is 43.1 Å². The number of esters is 1. The maximum absolute atomic E-state index is 12.9. The van der Waals surface area contributed by atoms with Crippen LogP contribution in [0.25, 0.3) is 0 Å². The van der Waals surface area contributed by atoms with Crippen molar-refractivity contribution < 1.29 is 32.6 Å². The summed E-state index contributed by atoms with van der Waals surface area (Å²) in [7, 11) is 1.29. The van der Waals surface area contributed by atoms with E-state index in [-0.39, 0.29) is 36.2 Å². The Hall–Kier alpha value is -1.91. The summed E-state index contributed by atoms with van der Waals surface area (Å²) in [5.74, 6) is -1.73. The first kappa shape index (κ1) is 25.4. The van der Waals surface area contributed by atoms with Gasteiger partial charge in [-0.25, -0.2) is 14.2 Å². The topological polar surface area (TPSA) is 76.5 Å². The standard InChI is InChI=1S/C21H24F3NO4S2/c1-21(28,10-7-15(22)18(23)24)9-3-4-13-5-6-17(26)14(13)8-11-30-20-25-16(12-31-20)19(27)29-2/h3-6,12-14,28H,7-11H2,1-2H3/b4-3+/t13-,14+,21+/m0/s1.